The van der Waals surface area contributed by atoms with E-state index in [2.05, 4.69) is 0 Å². The molecule has 2 aliphatic rings. The number of esters is 1. The molecule has 0 N–H and O–H groups in total. The number of sulfone groups is 1. The molecule has 4 rings (SSSR count). The summed E-state index contributed by atoms with van der Waals surface area (Å²) in [5.41, 5.74) is 0.405. The number of para-hydroxylation sites is 1. The van der Waals surface area contributed by atoms with Gasteiger partial charge in [-0.05, 0) is 32.3 Å². The summed E-state index contributed by atoms with van der Waals surface area (Å²) in [6.45, 7) is 1.11. The van der Waals surface area contributed by atoms with Gasteiger partial charge in [0.15, 0.2) is 27.8 Å². The van der Waals surface area contributed by atoms with Crippen LogP contribution in [-0.4, -0.2) is 55.4 Å². The topological polar surface area (TPSA) is 93.9 Å². The summed E-state index contributed by atoms with van der Waals surface area (Å²) in [5.74, 6) is -1.98. The van der Waals surface area contributed by atoms with Crippen LogP contribution in [0, 0.1) is 12.7 Å². The molecule has 9 heteroatoms. The van der Waals surface area contributed by atoms with Crippen molar-refractivity contribution < 1.29 is 31.6 Å². The van der Waals surface area contributed by atoms with E-state index in [0.717, 1.165) is 12.8 Å². The zero-order chi connectivity index (χ0) is 20.1. The van der Waals surface area contributed by atoms with E-state index in [-0.39, 0.29) is 34.9 Å². The second-order valence-corrected chi connectivity index (χ2v) is 9.57. The number of hydrogen-bond donors (Lipinski definition) is 0. The van der Waals surface area contributed by atoms with Gasteiger partial charge >= 0.3 is 5.97 Å². The van der Waals surface area contributed by atoms with Crippen LogP contribution in [0.1, 0.15) is 35.4 Å². The monoisotopic (exact) mass is 409 g/mol. The number of amides is 1. The highest BCUT2D eigenvalue weighted by Crippen LogP contribution is 2.32. The first-order valence-corrected chi connectivity index (χ1v) is 11.0. The molecule has 1 amide bonds. The highest BCUT2D eigenvalue weighted by Gasteiger charge is 2.42. The Morgan fingerprint density at radius 2 is 2.00 bits per heavy atom. The molecule has 1 aliphatic heterocycles. The van der Waals surface area contributed by atoms with Gasteiger partial charge in [0.25, 0.3) is 5.91 Å². The summed E-state index contributed by atoms with van der Waals surface area (Å²) >= 11 is 0. The average Bonchev–Trinajstić information content (AvgIpc) is 3.32. The molecule has 0 bridgehead atoms. The Kier molecular flexibility index (Phi) is 4.65. The van der Waals surface area contributed by atoms with Crippen molar-refractivity contribution in [1.82, 2.24) is 4.90 Å². The van der Waals surface area contributed by atoms with E-state index in [9.17, 15) is 22.4 Å². The second kappa shape index (κ2) is 6.88. The third kappa shape index (κ3) is 3.50. The third-order valence-electron chi connectivity index (χ3n) is 5.26. The summed E-state index contributed by atoms with van der Waals surface area (Å²) in [6.07, 6.45) is 2.04. The van der Waals surface area contributed by atoms with E-state index in [1.807, 2.05) is 0 Å². The molecule has 1 saturated heterocycles. The minimum Gasteiger partial charge on any atom is -0.450 e. The van der Waals surface area contributed by atoms with Crippen LogP contribution in [0.25, 0.3) is 11.0 Å². The van der Waals surface area contributed by atoms with E-state index in [1.54, 1.807) is 17.9 Å². The molecule has 28 heavy (non-hydrogen) atoms. The lowest BCUT2D eigenvalue weighted by atomic mass is 10.1. The zero-order valence-corrected chi connectivity index (χ0v) is 16.1. The highest BCUT2D eigenvalue weighted by molar-refractivity contribution is 7.91. The molecule has 150 valence electrons. The van der Waals surface area contributed by atoms with Crippen LogP contribution in [0.4, 0.5) is 4.39 Å². The van der Waals surface area contributed by atoms with Crippen LogP contribution in [0.3, 0.4) is 0 Å². The maximum Gasteiger partial charge on any atom is 0.375 e. The normalized spacial score (nSPS) is 21.0. The van der Waals surface area contributed by atoms with Crippen LogP contribution >= 0.6 is 0 Å². The van der Waals surface area contributed by atoms with Crippen LogP contribution in [0.2, 0.25) is 0 Å². The van der Waals surface area contributed by atoms with Crippen molar-refractivity contribution in [3.8, 4) is 0 Å². The standard InChI is InChI=1S/C19H20FNO6S/c1-11-14-3-2-4-15(20)18(14)27-17(11)19(23)26-9-16(22)21(12-5-6-12)13-7-8-28(24,25)10-13/h2-4,12-13H,5-10H2,1H3/t13-/m0/s1. The fraction of sp³-hybridized carbons (Fsp3) is 0.474. The minimum atomic E-state index is -3.13. The van der Waals surface area contributed by atoms with Crippen molar-refractivity contribution in [2.45, 2.75) is 38.3 Å². The molecule has 2 fully saturated rings. The molecule has 1 aromatic heterocycles. The fourth-order valence-electron chi connectivity index (χ4n) is 3.72. The molecule has 0 radical (unpaired) electrons. The van der Waals surface area contributed by atoms with Crippen molar-refractivity contribution in [2.24, 2.45) is 0 Å². The minimum absolute atomic E-state index is 0.00605. The largest absolute Gasteiger partial charge is 0.450 e. The summed E-state index contributed by atoms with van der Waals surface area (Å²) < 4.78 is 47.8. The third-order valence-corrected chi connectivity index (χ3v) is 7.01. The number of aryl methyl sites for hydroxylation is 1. The predicted molar refractivity (Wildman–Crippen MR) is 98.1 cm³/mol. The van der Waals surface area contributed by atoms with Gasteiger partial charge in [-0.2, -0.15) is 0 Å². The number of fused-ring (bicyclic) bond motifs is 1. The number of carbonyl (C=O) groups is 2. The SMILES string of the molecule is Cc1c(C(=O)OCC(=O)N(C2CC2)[C@H]2CCS(=O)(=O)C2)oc2c(F)cccc12. The summed E-state index contributed by atoms with van der Waals surface area (Å²) in [5, 5.41) is 0.467. The van der Waals surface area contributed by atoms with E-state index < -0.39 is 34.1 Å². The van der Waals surface area contributed by atoms with Gasteiger partial charge in [0, 0.05) is 23.0 Å². The molecule has 1 saturated carbocycles. The second-order valence-electron chi connectivity index (χ2n) is 7.34. The number of rotatable bonds is 5. The first kappa shape index (κ1) is 18.9. The first-order valence-electron chi connectivity index (χ1n) is 9.13. The number of carbonyl (C=O) groups excluding carboxylic acids is 2. The van der Waals surface area contributed by atoms with Crippen molar-refractivity contribution in [3.63, 3.8) is 0 Å². The zero-order valence-electron chi connectivity index (χ0n) is 15.3. The van der Waals surface area contributed by atoms with Crippen LogP contribution in [0.5, 0.6) is 0 Å². The summed E-state index contributed by atoms with van der Waals surface area (Å²) in [4.78, 5) is 26.6. The van der Waals surface area contributed by atoms with Crippen molar-refractivity contribution >= 4 is 32.7 Å². The Morgan fingerprint density at radius 1 is 1.25 bits per heavy atom. The number of nitrogens with zero attached hydrogens (tertiary/aromatic N) is 1. The molecular formula is C19H20FNO6S. The number of hydrogen-bond acceptors (Lipinski definition) is 6. The highest BCUT2D eigenvalue weighted by atomic mass is 32.2. The van der Waals surface area contributed by atoms with E-state index in [0.29, 0.717) is 17.4 Å². The molecule has 1 aromatic carbocycles. The van der Waals surface area contributed by atoms with Crippen LogP contribution in [0.15, 0.2) is 22.6 Å². The number of furan rings is 1. The van der Waals surface area contributed by atoms with Crippen LogP contribution < -0.4 is 0 Å². The Balaban J connectivity index is 1.46. The smallest absolute Gasteiger partial charge is 0.375 e. The average molecular weight is 409 g/mol. The Morgan fingerprint density at radius 3 is 2.61 bits per heavy atom. The molecular weight excluding hydrogens is 389 g/mol. The lowest BCUT2D eigenvalue weighted by Gasteiger charge is -2.28. The maximum atomic E-state index is 13.8. The molecule has 2 aromatic rings. The van der Waals surface area contributed by atoms with Gasteiger partial charge < -0.3 is 14.1 Å². The molecule has 2 heterocycles. The number of benzene rings is 1. The van der Waals surface area contributed by atoms with Gasteiger partial charge in [-0.1, -0.05) is 12.1 Å². The van der Waals surface area contributed by atoms with Crippen LogP contribution in [-0.2, 0) is 19.4 Å². The lowest BCUT2D eigenvalue weighted by molar-refractivity contribution is -0.137. The van der Waals surface area contributed by atoms with Gasteiger partial charge in [-0.25, -0.2) is 17.6 Å². The van der Waals surface area contributed by atoms with Gasteiger partial charge in [-0.3, -0.25) is 4.79 Å². The van der Waals surface area contributed by atoms with Crippen molar-refractivity contribution in [2.75, 3.05) is 18.1 Å². The molecule has 0 unspecified atom stereocenters. The Labute approximate surface area is 161 Å². The number of halogens is 1. The lowest BCUT2D eigenvalue weighted by Crippen LogP contribution is -2.44. The molecule has 7 nitrogen and oxygen atoms in total. The van der Waals surface area contributed by atoms with Gasteiger partial charge in [0.05, 0.1) is 11.5 Å². The Hall–Kier alpha value is -2.42. The van der Waals surface area contributed by atoms with Gasteiger partial charge in [-0.15, -0.1) is 0 Å². The molecule has 1 aliphatic carbocycles. The summed E-state index contributed by atoms with van der Waals surface area (Å²) in [6, 6.07) is 4.01. The van der Waals surface area contributed by atoms with Gasteiger partial charge in [0.1, 0.15) is 0 Å². The number of ether oxygens (including phenoxy) is 1. The van der Waals surface area contributed by atoms with Crippen molar-refractivity contribution in [3.05, 3.63) is 35.3 Å². The Bertz CT molecular complexity index is 1060. The van der Waals surface area contributed by atoms with Crippen molar-refractivity contribution in [1.29, 1.82) is 0 Å². The fourth-order valence-corrected chi connectivity index (χ4v) is 5.44. The molecule has 1 atom stereocenters. The first-order chi connectivity index (χ1) is 13.3. The molecule has 0 spiro atoms. The summed E-state index contributed by atoms with van der Waals surface area (Å²) in [7, 11) is -3.13. The van der Waals surface area contributed by atoms with E-state index in [1.165, 1.54) is 12.1 Å². The van der Waals surface area contributed by atoms with Gasteiger partial charge in [0.2, 0.25) is 5.76 Å². The maximum absolute atomic E-state index is 13.8. The predicted octanol–water partition coefficient (Wildman–Crippen LogP) is 2.22. The van der Waals surface area contributed by atoms with E-state index in [4.69, 9.17) is 9.15 Å². The van der Waals surface area contributed by atoms with E-state index >= 15 is 0 Å². The quantitative estimate of drug-likeness (QED) is 0.703.